The first-order chi connectivity index (χ1) is 18.4. The van der Waals surface area contributed by atoms with Gasteiger partial charge in [-0.1, -0.05) is 29.3 Å². The first kappa shape index (κ1) is 25.2. The second-order valence-electron chi connectivity index (χ2n) is 9.34. The molecular weight excluding hydrogens is 547 g/mol. The number of sulfonamides is 1. The van der Waals surface area contributed by atoms with Gasteiger partial charge in [0.05, 0.1) is 22.8 Å². The molecule has 6 rings (SSSR count). The summed E-state index contributed by atoms with van der Waals surface area (Å²) in [6.07, 6.45) is 3.03. The summed E-state index contributed by atoms with van der Waals surface area (Å²) in [7, 11) is -3.52. The minimum absolute atomic E-state index is 0.0762. The van der Waals surface area contributed by atoms with E-state index < -0.39 is 10.0 Å². The Hall–Kier alpha value is -3.11. The maximum absolute atomic E-state index is 13.1. The van der Waals surface area contributed by atoms with Crippen LogP contribution in [0.2, 0.25) is 10.0 Å². The summed E-state index contributed by atoms with van der Waals surface area (Å²) in [6, 6.07) is 16.4. The van der Waals surface area contributed by atoms with Gasteiger partial charge in [0.25, 0.3) is 0 Å². The summed E-state index contributed by atoms with van der Waals surface area (Å²) in [6.45, 7) is 1.00. The normalized spacial score (nSPS) is 16.2. The number of aromatic nitrogens is 3. The third kappa shape index (κ3) is 5.11. The Morgan fingerprint density at radius 2 is 1.74 bits per heavy atom. The molecule has 38 heavy (non-hydrogen) atoms. The number of nitrogens with one attached hydrogen (secondary N) is 1. The third-order valence-electron chi connectivity index (χ3n) is 6.79. The lowest BCUT2D eigenvalue weighted by molar-refractivity contribution is 0.174. The Balaban J connectivity index is 1.24. The molecule has 2 aliphatic heterocycles. The molecule has 11 heteroatoms. The van der Waals surface area contributed by atoms with Gasteiger partial charge >= 0.3 is 0 Å². The van der Waals surface area contributed by atoms with Crippen molar-refractivity contribution in [3.63, 3.8) is 0 Å². The van der Waals surface area contributed by atoms with Crippen LogP contribution in [0.15, 0.2) is 60.8 Å². The molecule has 0 unspecified atom stereocenters. The van der Waals surface area contributed by atoms with Gasteiger partial charge in [0, 0.05) is 40.8 Å². The molecule has 4 aromatic rings. The number of fused-ring (bicyclic) bond motifs is 1. The summed E-state index contributed by atoms with van der Waals surface area (Å²) < 4.78 is 38.8. The zero-order valence-corrected chi connectivity index (χ0v) is 22.6. The van der Waals surface area contributed by atoms with Gasteiger partial charge in [-0.3, -0.25) is 4.98 Å². The van der Waals surface area contributed by atoms with Crippen molar-refractivity contribution in [2.45, 2.75) is 24.5 Å². The largest absolute Gasteiger partial charge is 0.454 e. The van der Waals surface area contributed by atoms with Crippen LogP contribution >= 0.6 is 23.2 Å². The van der Waals surface area contributed by atoms with Crippen molar-refractivity contribution in [3.05, 3.63) is 82.2 Å². The van der Waals surface area contributed by atoms with Crippen molar-refractivity contribution in [1.82, 2.24) is 19.3 Å². The van der Waals surface area contributed by atoms with Crippen molar-refractivity contribution in [1.29, 1.82) is 0 Å². The Labute approximate surface area is 230 Å². The van der Waals surface area contributed by atoms with Gasteiger partial charge < -0.3 is 14.5 Å². The predicted molar refractivity (Wildman–Crippen MR) is 146 cm³/mol. The molecule has 8 nitrogen and oxygen atoms in total. The molecule has 0 atom stereocenters. The second-order valence-corrected chi connectivity index (χ2v) is 12.2. The van der Waals surface area contributed by atoms with E-state index in [9.17, 15) is 8.42 Å². The fourth-order valence-electron chi connectivity index (χ4n) is 4.94. The average Bonchev–Trinajstić information content (AvgIpc) is 3.55. The van der Waals surface area contributed by atoms with E-state index in [0.717, 1.165) is 28.5 Å². The number of benzene rings is 2. The van der Waals surface area contributed by atoms with Crippen LogP contribution in [0, 0.1) is 0 Å². The highest BCUT2D eigenvalue weighted by Crippen LogP contribution is 2.39. The number of H-pyrrole nitrogens is 1. The number of ether oxygens (including phenoxy) is 2. The van der Waals surface area contributed by atoms with Crippen LogP contribution in [0.5, 0.6) is 11.5 Å². The van der Waals surface area contributed by atoms with E-state index in [2.05, 4.69) is 9.97 Å². The molecule has 2 aromatic heterocycles. The van der Waals surface area contributed by atoms with Gasteiger partial charge in [0.2, 0.25) is 16.8 Å². The van der Waals surface area contributed by atoms with Crippen molar-refractivity contribution < 1.29 is 17.9 Å². The first-order valence-electron chi connectivity index (χ1n) is 12.2. The lowest BCUT2D eigenvalue weighted by atomic mass is 9.97. The van der Waals surface area contributed by atoms with Crippen LogP contribution in [0.3, 0.4) is 0 Å². The van der Waals surface area contributed by atoms with Crippen molar-refractivity contribution in [2.75, 3.05) is 19.9 Å². The Kier molecular flexibility index (Phi) is 6.77. The number of hydrogen-bond donors (Lipinski definition) is 1. The summed E-state index contributed by atoms with van der Waals surface area (Å²) in [5, 5.41) is 0.836. The standard InChI is InChI=1S/C27H24Cl2N4O4S/c28-20-11-17(12-21(29)14-20)15-38(34,35)33-9-6-18(7-10-33)27-31-25(26(32-27)22-3-1-2-8-30-22)19-4-5-23-24(13-19)37-16-36-23/h1-5,8,11-14,18H,6-7,9-10,15-16H2,(H,31,32). The van der Waals surface area contributed by atoms with Gasteiger partial charge in [0.1, 0.15) is 5.82 Å². The number of rotatable bonds is 6. The van der Waals surface area contributed by atoms with Gasteiger partial charge in [-0.2, -0.15) is 0 Å². The maximum atomic E-state index is 13.1. The summed E-state index contributed by atoms with van der Waals surface area (Å²) in [4.78, 5) is 13.0. The highest BCUT2D eigenvalue weighted by molar-refractivity contribution is 7.88. The molecule has 0 spiro atoms. The lowest BCUT2D eigenvalue weighted by Crippen LogP contribution is -2.38. The van der Waals surface area contributed by atoms with E-state index in [4.69, 9.17) is 37.7 Å². The van der Waals surface area contributed by atoms with Crippen LogP contribution in [0.4, 0.5) is 0 Å². The topological polar surface area (TPSA) is 97.4 Å². The van der Waals surface area contributed by atoms with Crippen LogP contribution in [0.1, 0.15) is 30.1 Å². The average molecular weight is 571 g/mol. The SMILES string of the molecule is O=S(=O)(Cc1cc(Cl)cc(Cl)c1)N1CCC(c2nc(-c3ccc4c(c3)OCO4)c(-c3ccccn3)[nH]2)CC1. The summed E-state index contributed by atoms with van der Waals surface area (Å²) in [5.41, 5.74) is 3.82. The fourth-order valence-corrected chi connectivity index (χ4v) is 7.05. The molecule has 1 N–H and O–H groups in total. The van der Waals surface area contributed by atoms with Crippen LogP contribution < -0.4 is 9.47 Å². The molecular formula is C27H24Cl2N4O4S. The van der Waals surface area contributed by atoms with E-state index in [1.54, 1.807) is 28.7 Å². The number of piperidine rings is 1. The molecule has 0 amide bonds. The summed E-state index contributed by atoms with van der Waals surface area (Å²) in [5.74, 6) is 2.14. The Morgan fingerprint density at radius 3 is 2.47 bits per heavy atom. The van der Waals surface area contributed by atoms with Crippen molar-refractivity contribution in [2.24, 2.45) is 0 Å². The molecule has 4 heterocycles. The second kappa shape index (κ2) is 10.2. The number of aromatic amines is 1. The zero-order chi connectivity index (χ0) is 26.3. The van der Waals surface area contributed by atoms with E-state index in [-0.39, 0.29) is 18.5 Å². The third-order valence-corrected chi connectivity index (χ3v) is 9.08. The van der Waals surface area contributed by atoms with E-state index in [1.807, 2.05) is 36.4 Å². The monoisotopic (exact) mass is 570 g/mol. The van der Waals surface area contributed by atoms with Gasteiger partial charge in [0.15, 0.2) is 11.5 Å². The number of pyridine rings is 1. The van der Waals surface area contributed by atoms with Crippen LogP contribution in [-0.4, -0.2) is 47.6 Å². The number of imidazole rings is 1. The molecule has 196 valence electrons. The summed E-state index contributed by atoms with van der Waals surface area (Å²) >= 11 is 12.1. The molecule has 0 aliphatic carbocycles. The van der Waals surface area contributed by atoms with E-state index in [0.29, 0.717) is 53.0 Å². The fraction of sp³-hybridized carbons (Fsp3) is 0.259. The number of nitrogens with zero attached hydrogens (tertiary/aromatic N) is 3. The molecule has 2 aliphatic rings. The van der Waals surface area contributed by atoms with E-state index in [1.165, 1.54) is 0 Å². The smallest absolute Gasteiger partial charge is 0.231 e. The van der Waals surface area contributed by atoms with Gasteiger partial charge in [-0.05, 0) is 66.9 Å². The molecule has 1 fully saturated rings. The van der Waals surface area contributed by atoms with Crippen LogP contribution in [-0.2, 0) is 15.8 Å². The minimum atomic E-state index is -3.52. The number of hydrogen-bond acceptors (Lipinski definition) is 6. The molecule has 2 aromatic carbocycles. The number of halogens is 2. The zero-order valence-electron chi connectivity index (χ0n) is 20.2. The Morgan fingerprint density at radius 1 is 0.974 bits per heavy atom. The molecule has 1 saturated heterocycles. The van der Waals surface area contributed by atoms with Gasteiger partial charge in [-0.15, -0.1) is 0 Å². The quantitative estimate of drug-likeness (QED) is 0.310. The first-order valence-corrected chi connectivity index (χ1v) is 14.6. The molecule has 0 radical (unpaired) electrons. The van der Waals surface area contributed by atoms with Crippen molar-refractivity contribution in [3.8, 4) is 34.1 Å². The van der Waals surface area contributed by atoms with Crippen molar-refractivity contribution >= 4 is 33.2 Å². The van der Waals surface area contributed by atoms with Crippen LogP contribution in [0.25, 0.3) is 22.6 Å². The highest BCUT2D eigenvalue weighted by Gasteiger charge is 2.31. The predicted octanol–water partition coefficient (Wildman–Crippen LogP) is 5.88. The van der Waals surface area contributed by atoms with E-state index >= 15 is 0 Å². The maximum Gasteiger partial charge on any atom is 0.231 e. The Bertz CT molecular complexity index is 1570. The molecule has 0 saturated carbocycles. The highest BCUT2D eigenvalue weighted by atomic mass is 35.5. The van der Waals surface area contributed by atoms with Gasteiger partial charge in [-0.25, -0.2) is 17.7 Å². The molecule has 0 bridgehead atoms. The lowest BCUT2D eigenvalue weighted by Gasteiger charge is -2.30. The minimum Gasteiger partial charge on any atom is -0.454 e.